The molecule has 0 bridgehead atoms. The average molecular weight is 442 g/mol. The zero-order chi connectivity index (χ0) is 21.5. The molecular formula is C22H22N2O6S. The summed E-state index contributed by atoms with van der Waals surface area (Å²) < 4.78 is 11.6. The molecule has 1 fully saturated rings. The largest absolute Gasteiger partial charge is 0.478 e. The van der Waals surface area contributed by atoms with Crippen molar-refractivity contribution in [2.45, 2.75) is 38.0 Å². The van der Waals surface area contributed by atoms with Crippen molar-refractivity contribution in [1.82, 2.24) is 4.90 Å². The number of carbonyl (C=O) groups excluding carboxylic acids is 2. The summed E-state index contributed by atoms with van der Waals surface area (Å²) in [6.07, 6.45) is 2.53. The van der Waals surface area contributed by atoms with E-state index in [1.807, 2.05) is 0 Å². The lowest BCUT2D eigenvalue weighted by atomic mass is 10.0. The van der Waals surface area contributed by atoms with Gasteiger partial charge < -0.3 is 19.9 Å². The predicted molar refractivity (Wildman–Crippen MR) is 113 cm³/mol. The second-order valence-electron chi connectivity index (χ2n) is 7.83. The van der Waals surface area contributed by atoms with E-state index in [1.54, 1.807) is 24.3 Å². The fourth-order valence-corrected chi connectivity index (χ4v) is 5.73. The van der Waals surface area contributed by atoms with Gasteiger partial charge in [0.2, 0.25) is 0 Å². The molecule has 162 valence electrons. The molecule has 2 aromatic rings. The number of anilines is 1. The van der Waals surface area contributed by atoms with Crippen LogP contribution in [0.4, 0.5) is 5.00 Å². The minimum atomic E-state index is -1.00. The molecule has 5 rings (SSSR count). The molecule has 3 aliphatic rings. The van der Waals surface area contributed by atoms with Crippen molar-refractivity contribution >= 4 is 34.1 Å². The number of fused-ring (bicyclic) bond motifs is 2. The van der Waals surface area contributed by atoms with Crippen LogP contribution in [-0.2, 0) is 15.9 Å². The summed E-state index contributed by atoms with van der Waals surface area (Å²) in [6.45, 7) is 1.03. The number of thiophene rings is 1. The first-order valence-electron chi connectivity index (χ1n) is 10.4. The molecule has 2 amide bonds. The topological polar surface area (TPSA) is 105 Å². The second kappa shape index (κ2) is 8.07. The predicted octanol–water partition coefficient (Wildman–Crippen LogP) is 3.29. The number of carbonyl (C=O) groups is 3. The van der Waals surface area contributed by atoms with E-state index in [-0.39, 0.29) is 30.2 Å². The monoisotopic (exact) mass is 442 g/mol. The molecule has 31 heavy (non-hydrogen) atoms. The number of hydrogen-bond donors (Lipinski definition) is 2. The number of carboxylic acids is 1. The van der Waals surface area contributed by atoms with Crippen molar-refractivity contribution in [3.63, 3.8) is 0 Å². The normalized spacial score (nSPS) is 22.9. The molecule has 1 aromatic heterocycles. The Morgan fingerprint density at radius 1 is 1.13 bits per heavy atom. The number of ether oxygens (including phenoxy) is 2. The molecular weight excluding hydrogens is 420 g/mol. The standard InChI is InChI=1S/C22H22N2O6S/c25-20-12-5-1-2-6-13(12)21(26)24(20)11-15-18-14(8-10-29-15)17(22(27)28)19(31-18)23-16-7-3-4-9-30-16/h1-2,5-6,15-16,23H,3-4,7-11H2,(H,27,28). The van der Waals surface area contributed by atoms with Crippen LogP contribution < -0.4 is 5.32 Å². The Kier molecular flexibility index (Phi) is 5.25. The average Bonchev–Trinajstić information content (AvgIpc) is 3.26. The summed E-state index contributed by atoms with van der Waals surface area (Å²) in [7, 11) is 0. The highest BCUT2D eigenvalue weighted by atomic mass is 32.1. The molecule has 2 unspecified atom stereocenters. The fourth-order valence-electron chi connectivity index (χ4n) is 4.41. The molecule has 2 N–H and O–H groups in total. The fraction of sp³-hybridized carbons (Fsp3) is 0.409. The van der Waals surface area contributed by atoms with E-state index in [0.717, 1.165) is 24.1 Å². The van der Waals surface area contributed by atoms with Crippen LogP contribution in [0, 0.1) is 0 Å². The Morgan fingerprint density at radius 3 is 2.52 bits per heavy atom. The number of aromatic carboxylic acids is 1. The SMILES string of the molecule is O=C(O)c1c(NC2CCCCO2)sc2c1CCOC2CN1C(=O)c2ccccc2C1=O. The van der Waals surface area contributed by atoms with E-state index < -0.39 is 12.1 Å². The highest BCUT2D eigenvalue weighted by Crippen LogP contribution is 2.43. The number of imide groups is 1. The maximum absolute atomic E-state index is 12.8. The van der Waals surface area contributed by atoms with Crippen molar-refractivity contribution in [3.05, 3.63) is 51.4 Å². The number of carboxylic acid groups (broad SMARTS) is 1. The van der Waals surface area contributed by atoms with E-state index in [2.05, 4.69) is 5.32 Å². The van der Waals surface area contributed by atoms with Gasteiger partial charge in [0.15, 0.2) is 0 Å². The second-order valence-corrected chi connectivity index (χ2v) is 8.88. The van der Waals surface area contributed by atoms with E-state index in [4.69, 9.17) is 9.47 Å². The van der Waals surface area contributed by atoms with Gasteiger partial charge in [-0.25, -0.2) is 4.79 Å². The Balaban J connectivity index is 1.43. The van der Waals surface area contributed by atoms with Crippen molar-refractivity contribution < 1.29 is 29.0 Å². The quantitative estimate of drug-likeness (QED) is 0.685. The lowest BCUT2D eigenvalue weighted by Crippen LogP contribution is -2.36. The van der Waals surface area contributed by atoms with Crippen LogP contribution in [0.15, 0.2) is 24.3 Å². The number of benzene rings is 1. The van der Waals surface area contributed by atoms with Crippen LogP contribution in [0.3, 0.4) is 0 Å². The third-order valence-corrected chi connectivity index (χ3v) is 7.17. The molecule has 0 spiro atoms. The lowest BCUT2D eigenvalue weighted by molar-refractivity contribution is 0.0188. The van der Waals surface area contributed by atoms with Crippen LogP contribution in [0.2, 0.25) is 0 Å². The van der Waals surface area contributed by atoms with Crippen molar-refractivity contribution in [3.8, 4) is 0 Å². The number of hydrogen-bond acceptors (Lipinski definition) is 7. The molecule has 3 aliphatic heterocycles. The molecule has 0 saturated carbocycles. The molecule has 1 saturated heterocycles. The number of amides is 2. The van der Waals surface area contributed by atoms with Gasteiger partial charge in [-0.2, -0.15) is 0 Å². The van der Waals surface area contributed by atoms with E-state index in [1.165, 1.54) is 16.2 Å². The van der Waals surface area contributed by atoms with Gasteiger partial charge in [0.25, 0.3) is 11.8 Å². The maximum Gasteiger partial charge on any atom is 0.338 e. The summed E-state index contributed by atoms with van der Waals surface area (Å²) in [5, 5.41) is 13.7. The van der Waals surface area contributed by atoms with E-state index >= 15 is 0 Å². The third kappa shape index (κ3) is 3.52. The first kappa shape index (κ1) is 20.2. The van der Waals surface area contributed by atoms with E-state index in [0.29, 0.717) is 41.3 Å². The number of rotatable bonds is 5. The zero-order valence-electron chi connectivity index (χ0n) is 16.8. The third-order valence-electron chi connectivity index (χ3n) is 5.91. The van der Waals surface area contributed by atoms with Gasteiger partial charge in [0.05, 0.1) is 29.8 Å². The van der Waals surface area contributed by atoms with Crippen LogP contribution in [0.1, 0.15) is 66.9 Å². The van der Waals surface area contributed by atoms with Crippen molar-refractivity contribution in [2.24, 2.45) is 0 Å². The minimum absolute atomic E-state index is 0.0539. The molecule has 0 radical (unpaired) electrons. The molecule has 2 atom stereocenters. The molecule has 9 heteroatoms. The number of nitrogens with zero attached hydrogens (tertiary/aromatic N) is 1. The first-order chi connectivity index (χ1) is 15.0. The van der Waals surface area contributed by atoms with Crippen molar-refractivity contribution in [1.29, 1.82) is 0 Å². The van der Waals surface area contributed by atoms with Gasteiger partial charge in [-0.3, -0.25) is 14.5 Å². The summed E-state index contributed by atoms with van der Waals surface area (Å²) in [4.78, 5) is 39.5. The molecule has 0 aliphatic carbocycles. The van der Waals surface area contributed by atoms with Crippen LogP contribution in [0.25, 0.3) is 0 Å². The van der Waals surface area contributed by atoms with Crippen LogP contribution in [0.5, 0.6) is 0 Å². The van der Waals surface area contributed by atoms with Gasteiger partial charge in [-0.05, 0) is 43.4 Å². The summed E-state index contributed by atoms with van der Waals surface area (Å²) >= 11 is 1.32. The lowest BCUT2D eigenvalue weighted by Gasteiger charge is -2.26. The van der Waals surface area contributed by atoms with Gasteiger partial charge in [-0.1, -0.05) is 12.1 Å². The Morgan fingerprint density at radius 2 is 1.87 bits per heavy atom. The van der Waals surface area contributed by atoms with Gasteiger partial charge in [0.1, 0.15) is 17.3 Å². The van der Waals surface area contributed by atoms with Gasteiger partial charge in [-0.15, -0.1) is 11.3 Å². The van der Waals surface area contributed by atoms with Gasteiger partial charge in [0, 0.05) is 11.5 Å². The van der Waals surface area contributed by atoms with Crippen LogP contribution >= 0.6 is 11.3 Å². The summed E-state index contributed by atoms with van der Waals surface area (Å²) in [5.74, 6) is -1.70. The number of nitrogens with one attached hydrogen (secondary N) is 1. The Labute approximate surface area is 182 Å². The van der Waals surface area contributed by atoms with Gasteiger partial charge >= 0.3 is 5.97 Å². The van der Waals surface area contributed by atoms with Crippen molar-refractivity contribution in [2.75, 3.05) is 25.1 Å². The molecule has 1 aromatic carbocycles. The first-order valence-corrected chi connectivity index (χ1v) is 11.2. The highest BCUT2D eigenvalue weighted by Gasteiger charge is 2.39. The Bertz CT molecular complexity index is 1020. The summed E-state index contributed by atoms with van der Waals surface area (Å²) in [6, 6.07) is 6.74. The smallest absolute Gasteiger partial charge is 0.338 e. The zero-order valence-corrected chi connectivity index (χ0v) is 17.6. The maximum atomic E-state index is 12.8. The molecule has 8 nitrogen and oxygen atoms in total. The van der Waals surface area contributed by atoms with E-state index in [9.17, 15) is 19.5 Å². The highest BCUT2D eigenvalue weighted by molar-refractivity contribution is 7.16. The van der Waals surface area contributed by atoms with Crippen LogP contribution in [-0.4, -0.2) is 53.8 Å². The Hall–Kier alpha value is -2.75. The summed E-state index contributed by atoms with van der Waals surface area (Å²) in [5.41, 5.74) is 1.73. The minimum Gasteiger partial charge on any atom is -0.478 e. The molecule has 4 heterocycles.